The first-order valence-corrected chi connectivity index (χ1v) is 12.8. The maximum Gasteiger partial charge on any atom is 0.255 e. The van der Waals surface area contributed by atoms with Crippen molar-refractivity contribution in [2.24, 2.45) is 4.99 Å². The highest BCUT2D eigenvalue weighted by Gasteiger charge is 2.29. The number of aliphatic imine (C=N–C) groups is 1. The number of para-hydroxylation sites is 1. The number of hydrogen-bond acceptors (Lipinski definition) is 5. The summed E-state index contributed by atoms with van der Waals surface area (Å²) in [5, 5.41) is 8.27. The first-order chi connectivity index (χ1) is 16.8. The zero-order valence-corrected chi connectivity index (χ0v) is 22.0. The molecule has 0 bridgehead atoms. The Hall–Kier alpha value is -2.93. The lowest BCUT2D eigenvalue weighted by atomic mass is 9.95. The number of allylic oxidation sites excluding steroid dienone is 1. The molecule has 0 unspecified atom stereocenters. The molecule has 0 aliphatic carbocycles. The molecule has 1 heterocycles. The second-order valence-electron chi connectivity index (χ2n) is 8.33. The summed E-state index contributed by atoms with van der Waals surface area (Å²) in [6.07, 6.45) is 0. The predicted molar refractivity (Wildman–Crippen MR) is 150 cm³/mol. The smallest absolute Gasteiger partial charge is 0.255 e. The van der Waals surface area contributed by atoms with E-state index in [-0.39, 0.29) is 5.91 Å². The average Bonchev–Trinajstić information content (AvgIpc) is 2.83. The summed E-state index contributed by atoms with van der Waals surface area (Å²) in [6, 6.07) is 22.6. The zero-order chi connectivity index (χ0) is 24.9. The van der Waals surface area contributed by atoms with E-state index in [1.165, 1.54) is 11.8 Å². The third kappa shape index (κ3) is 6.20. The normalized spacial score (nSPS) is 15.3. The molecule has 0 spiro atoms. The summed E-state index contributed by atoms with van der Waals surface area (Å²) >= 11 is 13.9. The maximum atomic E-state index is 13.4. The Bertz CT molecular complexity index is 1270. The monoisotopic (exact) mass is 524 g/mol. The van der Waals surface area contributed by atoms with Crippen molar-refractivity contribution >= 4 is 57.4 Å². The predicted octanol–water partition coefficient (Wildman–Crippen LogP) is 6.91. The van der Waals surface area contributed by atoms with Crippen molar-refractivity contribution in [3.05, 3.63) is 105 Å². The van der Waals surface area contributed by atoms with Crippen LogP contribution in [0.1, 0.15) is 24.1 Å². The molecule has 1 atom stereocenters. The van der Waals surface area contributed by atoms with Gasteiger partial charge in [-0.1, -0.05) is 71.4 Å². The van der Waals surface area contributed by atoms with Gasteiger partial charge in [-0.15, -0.1) is 0 Å². The van der Waals surface area contributed by atoms with Gasteiger partial charge in [-0.3, -0.25) is 4.79 Å². The highest BCUT2D eigenvalue weighted by Crippen LogP contribution is 2.35. The SMILES string of the molecule is CC1=C(C(=O)Nc2ccccc2)[C@H](c2ccc(N(C)C)cc2)N=C(SCc2ccc(Cl)cc2Cl)N1. The molecule has 8 heteroatoms. The maximum absolute atomic E-state index is 13.4. The van der Waals surface area contributed by atoms with E-state index in [1.807, 2.05) is 92.6 Å². The molecule has 5 nitrogen and oxygen atoms in total. The van der Waals surface area contributed by atoms with Gasteiger partial charge < -0.3 is 15.5 Å². The van der Waals surface area contributed by atoms with Gasteiger partial charge in [-0.25, -0.2) is 4.99 Å². The number of benzene rings is 3. The van der Waals surface area contributed by atoms with Crippen molar-refractivity contribution in [3.63, 3.8) is 0 Å². The van der Waals surface area contributed by atoms with Crippen LogP contribution in [0.4, 0.5) is 11.4 Å². The van der Waals surface area contributed by atoms with Gasteiger partial charge in [0.25, 0.3) is 5.91 Å². The first-order valence-electron chi connectivity index (χ1n) is 11.1. The van der Waals surface area contributed by atoms with Gasteiger partial charge in [0.05, 0.1) is 5.57 Å². The molecule has 0 saturated carbocycles. The van der Waals surface area contributed by atoms with E-state index < -0.39 is 6.04 Å². The largest absolute Gasteiger partial charge is 0.378 e. The number of nitrogens with one attached hydrogen (secondary N) is 2. The molecule has 0 aromatic heterocycles. The molecule has 180 valence electrons. The van der Waals surface area contributed by atoms with Crippen LogP contribution < -0.4 is 15.5 Å². The number of thioether (sulfide) groups is 1. The van der Waals surface area contributed by atoms with E-state index in [9.17, 15) is 4.79 Å². The van der Waals surface area contributed by atoms with E-state index in [0.717, 1.165) is 33.4 Å². The molecule has 1 aliphatic rings. The molecule has 0 radical (unpaired) electrons. The number of carbonyl (C=O) groups excluding carboxylic acids is 1. The summed E-state index contributed by atoms with van der Waals surface area (Å²) in [4.78, 5) is 20.4. The van der Waals surface area contributed by atoms with Crippen molar-refractivity contribution in [1.29, 1.82) is 0 Å². The lowest BCUT2D eigenvalue weighted by Gasteiger charge is -2.27. The van der Waals surface area contributed by atoms with E-state index in [0.29, 0.717) is 21.4 Å². The minimum atomic E-state index is -0.445. The fraction of sp³-hybridized carbons (Fsp3) is 0.185. The highest BCUT2D eigenvalue weighted by molar-refractivity contribution is 8.13. The van der Waals surface area contributed by atoms with Crippen molar-refractivity contribution in [2.75, 3.05) is 24.3 Å². The van der Waals surface area contributed by atoms with E-state index in [1.54, 1.807) is 6.07 Å². The number of nitrogens with zero attached hydrogens (tertiary/aromatic N) is 2. The van der Waals surface area contributed by atoms with Crippen LogP contribution in [0.15, 0.2) is 89.1 Å². The lowest BCUT2D eigenvalue weighted by molar-refractivity contribution is -0.113. The Morgan fingerprint density at radius 2 is 1.77 bits per heavy atom. The van der Waals surface area contributed by atoms with Crippen molar-refractivity contribution < 1.29 is 4.79 Å². The third-order valence-corrected chi connectivity index (χ3v) is 7.12. The number of rotatable bonds is 6. The summed E-state index contributed by atoms with van der Waals surface area (Å²) in [5.74, 6) is 0.434. The van der Waals surface area contributed by atoms with Gasteiger partial charge in [0.1, 0.15) is 6.04 Å². The summed E-state index contributed by atoms with van der Waals surface area (Å²) in [7, 11) is 3.99. The molecule has 1 amide bonds. The van der Waals surface area contributed by atoms with Crippen LogP contribution in [0.5, 0.6) is 0 Å². The quantitative estimate of drug-likeness (QED) is 0.367. The number of carbonyl (C=O) groups is 1. The summed E-state index contributed by atoms with van der Waals surface area (Å²) in [5.41, 5.74) is 5.07. The van der Waals surface area contributed by atoms with Gasteiger partial charge in [-0.05, 0) is 54.4 Å². The van der Waals surface area contributed by atoms with Crippen LogP contribution in [0.25, 0.3) is 0 Å². The molecule has 4 rings (SSSR count). The number of amides is 1. The highest BCUT2D eigenvalue weighted by atomic mass is 35.5. The van der Waals surface area contributed by atoms with Gasteiger partial charge in [0, 0.05) is 47.0 Å². The molecular formula is C27H26Cl2N4OS. The van der Waals surface area contributed by atoms with Crippen LogP contribution in [0, 0.1) is 0 Å². The Morgan fingerprint density at radius 3 is 2.43 bits per heavy atom. The van der Waals surface area contributed by atoms with Crippen LogP contribution in [0.2, 0.25) is 10.0 Å². The second-order valence-corrected chi connectivity index (χ2v) is 10.1. The molecule has 0 saturated heterocycles. The third-order valence-electron chi connectivity index (χ3n) is 5.60. The van der Waals surface area contributed by atoms with Gasteiger partial charge >= 0.3 is 0 Å². The average molecular weight is 526 g/mol. The number of anilines is 2. The van der Waals surface area contributed by atoms with Gasteiger partial charge in [0.2, 0.25) is 0 Å². The molecule has 0 fully saturated rings. The van der Waals surface area contributed by atoms with E-state index in [4.69, 9.17) is 28.2 Å². The zero-order valence-electron chi connectivity index (χ0n) is 19.7. The Balaban J connectivity index is 1.63. The van der Waals surface area contributed by atoms with E-state index >= 15 is 0 Å². The molecular weight excluding hydrogens is 499 g/mol. The second kappa shape index (κ2) is 11.2. The first kappa shape index (κ1) is 25.2. The molecule has 35 heavy (non-hydrogen) atoms. The molecule has 3 aromatic rings. The molecule has 2 N–H and O–H groups in total. The Kier molecular flexibility index (Phi) is 8.06. The topological polar surface area (TPSA) is 56.7 Å². The standard InChI is InChI=1S/C27H26Cl2N4OS/c1-17-24(26(34)31-21-7-5-4-6-8-21)25(18-10-13-22(14-11-18)33(2)3)32-27(30-17)35-16-19-9-12-20(28)15-23(19)29/h4-15,25H,16H2,1-3H3,(H,30,32)(H,31,34)/t25-/m0/s1. The minimum absolute atomic E-state index is 0.184. The number of halogens is 2. The van der Waals surface area contributed by atoms with Gasteiger partial charge in [-0.2, -0.15) is 0 Å². The van der Waals surface area contributed by atoms with E-state index in [2.05, 4.69) is 10.6 Å². The van der Waals surface area contributed by atoms with Crippen molar-refractivity contribution in [2.45, 2.75) is 18.7 Å². The fourth-order valence-corrected chi connectivity index (χ4v) is 5.22. The van der Waals surface area contributed by atoms with Crippen molar-refractivity contribution in [3.8, 4) is 0 Å². The van der Waals surface area contributed by atoms with Gasteiger partial charge in [0.15, 0.2) is 5.17 Å². The number of hydrogen-bond donors (Lipinski definition) is 2. The Labute approximate surface area is 220 Å². The minimum Gasteiger partial charge on any atom is -0.378 e. The molecule has 3 aromatic carbocycles. The van der Waals surface area contributed by atoms with Crippen LogP contribution in [-0.4, -0.2) is 25.2 Å². The van der Waals surface area contributed by atoms with Crippen molar-refractivity contribution in [1.82, 2.24) is 5.32 Å². The van der Waals surface area contributed by atoms with Crippen LogP contribution in [0.3, 0.4) is 0 Å². The lowest BCUT2D eigenvalue weighted by Crippen LogP contribution is -2.32. The van der Waals surface area contributed by atoms with Crippen LogP contribution in [-0.2, 0) is 10.5 Å². The van der Waals surface area contributed by atoms with Crippen LogP contribution >= 0.6 is 35.0 Å². The Morgan fingerprint density at radius 1 is 1.06 bits per heavy atom. The summed E-state index contributed by atoms with van der Waals surface area (Å²) in [6.45, 7) is 1.91. The summed E-state index contributed by atoms with van der Waals surface area (Å²) < 4.78 is 0. The fourth-order valence-electron chi connectivity index (χ4n) is 3.72. The number of amidine groups is 1. The molecule has 1 aliphatic heterocycles.